The van der Waals surface area contributed by atoms with Crippen molar-refractivity contribution in [3.8, 4) is 0 Å². The van der Waals surface area contributed by atoms with Gasteiger partial charge in [-0.05, 0) is 25.5 Å². The number of carboxylic acid groups (broad SMARTS) is 1. The molecular formula is C12H17N3O3. The zero-order valence-corrected chi connectivity index (χ0v) is 10.4. The number of rotatable bonds is 6. The summed E-state index contributed by atoms with van der Waals surface area (Å²) in [6.07, 6.45) is 2.26. The van der Waals surface area contributed by atoms with Crippen LogP contribution in [0.1, 0.15) is 30.8 Å². The van der Waals surface area contributed by atoms with Crippen molar-refractivity contribution in [1.82, 2.24) is 10.3 Å². The van der Waals surface area contributed by atoms with Crippen molar-refractivity contribution >= 4 is 17.6 Å². The third-order valence-corrected chi connectivity index (χ3v) is 2.30. The van der Waals surface area contributed by atoms with Gasteiger partial charge in [-0.15, -0.1) is 0 Å². The van der Waals surface area contributed by atoms with E-state index in [-0.39, 0.29) is 11.6 Å². The highest BCUT2D eigenvalue weighted by molar-refractivity contribution is 5.87. The van der Waals surface area contributed by atoms with Gasteiger partial charge >= 0.3 is 5.97 Å². The van der Waals surface area contributed by atoms with Crippen LogP contribution in [0.2, 0.25) is 0 Å². The average molecular weight is 251 g/mol. The zero-order valence-electron chi connectivity index (χ0n) is 10.4. The van der Waals surface area contributed by atoms with Gasteiger partial charge in [0.25, 0.3) is 0 Å². The molecule has 1 aromatic heterocycles. The molecule has 1 atom stereocenters. The van der Waals surface area contributed by atoms with Crippen LogP contribution in [0.3, 0.4) is 0 Å². The Bertz CT molecular complexity index is 434. The molecule has 0 aliphatic rings. The lowest BCUT2D eigenvalue weighted by molar-refractivity contribution is -0.121. The van der Waals surface area contributed by atoms with Crippen molar-refractivity contribution in [3.05, 3.63) is 24.0 Å². The number of aromatic nitrogens is 1. The van der Waals surface area contributed by atoms with Crippen LogP contribution in [-0.2, 0) is 4.79 Å². The van der Waals surface area contributed by atoms with E-state index >= 15 is 0 Å². The van der Waals surface area contributed by atoms with Gasteiger partial charge in [-0.25, -0.2) is 9.78 Å². The van der Waals surface area contributed by atoms with E-state index in [0.717, 1.165) is 6.42 Å². The van der Waals surface area contributed by atoms with Crippen LogP contribution in [-0.4, -0.2) is 34.6 Å². The fourth-order valence-corrected chi connectivity index (χ4v) is 1.35. The first-order valence-electron chi connectivity index (χ1n) is 5.78. The lowest BCUT2D eigenvalue weighted by atomic mass is 10.2. The number of amides is 1. The first kappa shape index (κ1) is 14.0. The van der Waals surface area contributed by atoms with E-state index in [1.165, 1.54) is 12.3 Å². The molecule has 0 aromatic carbocycles. The Balaban J connectivity index is 2.63. The first-order valence-corrected chi connectivity index (χ1v) is 5.78. The van der Waals surface area contributed by atoms with Crippen LogP contribution in [0.15, 0.2) is 18.3 Å². The number of carbonyl (C=O) groups is 2. The van der Waals surface area contributed by atoms with E-state index in [9.17, 15) is 9.59 Å². The molecular weight excluding hydrogens is 234 g/mol. The average Bonchev–Trinajstić information content (AvgIpc) is 2.36. The highest BCUT2D eigenvalue weighted by atomic mass is 16.4. The number of carbonyl (C=O) groups excluding carboxylic acids is 1. The molecule has 0 aliphatic heterocycles. The van der Waals surface area contributed by atoms with Crippen LogP contribution >= 0.6 is 0 Å². The molecule has 1 unspecified atom stereocenters. The molecule has 0 aliphatic carbocycles. The number of nitrogens with one attached hydrogen (secondary N) is 2. The number of pyridine rings is 1. The minimum Gasteiger partial charge on any atom is -0.477 e. The van der Waals surface area contributed by atoms with E-state index < -0.39 is 12.0 Å². The molecule has 1 heterocycles. The molecule has 3 N–H and O–H groups in total. The van der Waals surface area contributed by atoms with Gasteiger partial charge < -0.3 is 15.7 Å². The summed E-state index contributed by atoms with van der Waals surface area (Å²) < 4.78 is 0. The summed E-state index contributed by atoms with van der Waals surface area (Å²) >= 11 is 0. The predicted octanol–water partition coefficient (Wildman–Crippen LogP) is 1.11. The summed E-state index contributed by atoms with van der Waals surface area (Å²) in [7, 11) is 0. The second-order valence-electron chi connectivity index (χ2n) is 3.89. The quantitative estimate of drug-likeness (QED) is 0.704. The first-order chi connectivity index (χ1) is 8.54. The maximum atomic E-state index is 11.6. The molecule has 1 rings (SSSR count). The third-order valence-electron chi connectivity index (χ3n) is 2.30. The van der Waals surface area contributed by atoms with Gasteiger partial charge in [0, 0.05) is 18.4 Å². The van der Waals surface area contributed by atoms with Crippen molar-refractivity contribution in [1.29, 1.82) is 0 Å². The Morgan fingerprint density at radius 1 is 1.50 bits per heavy atom. The van der Waals surface area contributed by atoms with Crippen molar-refractivity contribution in [3.63, 3.8) is 0 Å². The Morgan fingerprint density at radius 3 is 2.83 bits per heavy atom. The number of anilines is 1. The predicted molar refractivity (Wildman–Crippen MR) is 67.6 cm³/mol. The lowest BCUT2D eigenvalue weighted by Crippen LogP contribution is -2.37. The Hall–Kier alpha value is -2.11. The zero-order chi connectivity index (χ0) is 13.5. The molecule has 0 radical (unpaired) electrons. The van der Waals surface area contributed by atoms with Crippen LogP contribution in [0.4, 0.5) is 5.69 Å². The van der Waals surface area contributed by atoms with Gasteiger partial charge in [0.15, 0.2) is 0 Å². The Labute approximate surface area is 105 Å². The van der Waals surface area contributed by atoms with Crippen LogP contribution in [0.25, 0.3) is 0 Å². The van der Waals surface area contributed by atoms with Crippen LogP contribution < -0.4 is 10.6 Å². The largest absolute Gasteiger partial charge is 0.477 e. The highest BCUT2D eigenvalue weighted by Gasteiger charge is 2.12. The number of hydrogen-bond acceptors (Lipinski definition) is 4. The fraction of sp³-hybridized carbons (Fsp3) is 0.417. The summed E-state index contributed by atoms with van der Waals surface area (Å²) in [5.41, 5.74) is 0.503. The van der Waals surface area contributed by atoms with Gasteiger partial charge in [-0.2, -0.15) is 0 Å². The minimum absolute atomic E-state index is 0.0545. The van der Waals surface area contributed by atoms with E-state index in [1.807, 2.05) is 6.92 Å². The maximum Gasteiger partial charge on any atom is 0.354 e. The van der Waals surface area contributed by atoms with E-state index in [2.05, 4.69) is 15.6 Å². The van der Waals surface area contributed by atoms with Crippen molar-refractivity contribution < 1.29 is 14.7 Å². The van der Waals surface area contributed by atoms with E-state index in [4.69, 9.17) is 5.11 Å². The maximum absolute atomic E-state index is 11.6. The molecule has 6 heteroatoms. The number of hydrogen-bond donors (Lipinski definition) is 3. The molecule has 0 bridgehead atoms. The minimum atomic E-state index is -1.10. The second-order valence-corrected chi connectivity index (χ2v) is 3.89. The fourth-order valence-electron chi connectivity index (χ4n) is 1.35. The monoisotopic (exact) mass is 251 g/mol. The normalized spacial score (nSPS) is 11.7. The van der Waals surface area contributed by atoms with Crippen LogP contribution in [0.5, 0.6) is 0 Å². The van der Waals surface area contributed by atoms with Crippen molar-refractivity contribution in [2.24, 2.45) is 0 Å². The molecule has 0 spiro atoms. The Kier molecular flexibility index (Phi) is 5.10. The van der Waals surface area contributed by atoms with Crippen molar-refractivity contribution in [2.75, 3.05) is 11.9 Å². The van der Waals surface area contributed by atoms with Gasteiger partial charge in [0.1, 0.15) is 11.7 Å². The SMILES string of the molecule is CCCNC(=O)C(C)Nc1ccnc(C(=O)O)c1. The standard InChI is InChI=1S/C12H17N3O3/c1-3-5-14-11(16)8(2)15-9-4-6-13-10(7-9)12(17)18/h4,6-8H,3,5H2,1-2H3,(H,13,15)(H,14,16)(H,17,18). The summed E-state index contributed by atoms with van der Waals surface area (Å²) in [4.78, 5) is 26.1. The van der Waals surface area contributed by atoms with Crippen LogP contribution in [0, 0.1) is 0 Å². The highest BCUT2D eigenvalue weighted by Crippen LogP contribution is 2.09. The molecule has 1 amide bonds. The molecule has 0 saturated carbocycles. The number of carboxylic acids is 1. The smallest absolute Gasteiger partial charge is 0.354 e. The molecule has 98 valence electrons. The molecule has 0 saturated heterocycles. The summed E-state index contributed by atoms with van der Waals surface area (Å²) in [5.74, 6) is -1.22. The summed E-state index contributed by atoms with van der Waals surface area (Å²) in [5, 5.41) is 14.5. The number of nitrogens with zero attached hydrogens (tertiary/aromatic N) is 1. The second kappa shape index (κ2) is 6.58. The lowest BCUT2D eigenvalue weighted by Gasteiger charge is -2.15. The molecule has 0 fully saturated rings. The molecule has 1 aromatic rings. The van der Waals surface area contributed by atoms with Gasteiger partial charge in [0.2, 0.25) is 5.91 Å². The third kappa shape index (κ3) is 4.04. The topological polar surface area (TPSA) is 91.3 Å². The van der Waals surface area contributed by atoms with Crippen molar-refractivity contribution in [2.45, 2.75) is 26.3 Å². The van der Waals surface area contributed by atoms with E-state index in [1.54, 1.807) is 13.0 Å². The van der Waals surface area contributed by atoms with Gasteiger partial charge in [-0.3, -0.25) is 4.79 Å². The Morgan fingerprint density at radius 2 is 2.22 bits per heavy atom. The van der Waals surface area contributed by atoms with Gasteiger partial charge in [0.05, 0.1) is 0 Å². The molecule has 6 nitrogen and oxygen atoms in total. The number of aromatic carboxylic acids is 1. The molecule has 18 heavy (non-hydrogen) atoms. The van der Waals surface area contributed by atoms with Gasteiger partial charge in [-0.1, -0.05) is 6.92 Å². The van der Waals surface area contributed by atoms with E-state index in [0.29, 0.717) is 12.2 Å². The summed E-state index contributed by atoms with van der Waals surface area (Å²) in [6, 6.07) is 2.59. The summed E-state index contributed by atoms with van der Waals surface area (Å²) in [6.45, 7) is 4.31.